The van der Waals surface area contributed by atoms with Crippen LogP contribution in [0.4, 0.5) is 0 Å². The fourth-order valence-corrected chi connectivity index (χ4v) is 1.86. The summed E-state index contributed by atoms with van der Waals surface area (Å²) < 4.78 is 0. The number of aldehydes is 1. The van der Waals surface area contributed by atoms with Crippen LogP contribution in [-0.4, -0.2) is 11.3 Å². The molecule has 1 heterocycles. The van der Waals surface area contributed by atoms with Gasteiger partial charge in [-0.3, -0.25) is 4.79 Å². The van der Waals surface area contributed by atoms with Crippen molar-refractivity contribution >= 4 is 28.1 Å². The summed E-state index contributed by atoms with van der Waals surface area (Å²) in [6, 6.07) is 14.7. The van der Waals surface area contributed by atoms with Crippen molar-refractivity contribution in [2.45, 2.75) is 0 Å². The van der Waals surface area contributed by atoms with Gasteiger partial charge in [0.25, 0.3) is 0 Å². The van der Waals surface area contributed by atoms with Crippen LogP contribution in [0.2, 0.25) is 0 Å². The maximum absolute atomic E-state index is 10.7. The highest BCUT2D eigenvalue weighted by Gasteiger charge is 2.03. The summed E-state index contributed by atoms with van der Waals surface area (Å²) in [5.41, 5.74) is 2.68. The zero-order chi connectivity index (χ0) is 10.3. The standard InChI is InChI=1S/C13H8NO/c15-8-9-5-6-13-11(7-9)10-3-1-2-4-12(10)14-13/h1-5,7-8,14H. The zero-order valence-corrected chi connectivity index (χ0v) is 7.95. The second-order valence-corrected chi connectivity index (χ2v) is 3.51. The molecule has 0 fully saturated rings. The van der Waals surface area contributed by atoms with Crippen LogP contribution in [-0.2, 0) is 0 Å². The van der Waals surface area contributed by atoms with Crippen LogP contribution in [0.15, 0.2) is 36.4 Å². The molecule has 3 aromatic rings. The van der Waals surface area contributed by atoms with Crippen LogP contribution in [0.5, 0.6) is 0 Å². The minimum absolute atomic E-state index is 0.659. The fourth-order valence-electron chi connectivity index (χ4n) is 1.86. The molecule has 1 aromatic heterocycles. The molecular weight excluding hydrogens is 186 g/mol. The largest absolute Gasteiger partial charge is 0.354 e. The first-order valence-corrected chi connectivity index (χ1v) is 4.76. The van der Waals surface area contributed by atoms with E-state index in [0.717, 1.165) is 28.1 Å². The van der Waals surface area contributed by atoms with Gasteiger partial charge in [-0.25, -0.2) is 0 Å². The van der Waals surface area contributed by atoms with Crippen molar-refractivity contribution < 1.29 is 4.79 Å². The number of carbonyl (C=O) groups is 1. The number of hydrogen-bond acceptors (Lipinski definition) is 1. The van der Waals surface area contributed by atoms with Crippen LogP contribution in [0.3, 0.4) is 0 Å². The highest BCUT2D eigenvalue weighted by Crippen LogP contribution is 2.25. The molecule has 0 aliphatic rings. The highest BCUT2D eigenvalue weighted by molar-refractivity contribution is 6.08. The monoisotopic (exact) mass is 194 g/mol. The summed E-state index contributed by atoms with van der Waals surface area (Å²) in [5, 5.41) is 2.18. The number of aromatic amines is 1. The van der Waals surface area contributed by atoms with E-state index >= 15 is 0 Å². The first-order valence-electron chi connectivity index (χ1n) is 4.76. The second-order valence-electron chi connectivity index (χ2n) is 3.51. The van der Waals surface area contributed by atoms with E-state index < -0.39 is 0 Å². The Bertz CT molecular complexity index is 652. The van der Waals surface area contributed by atoms with Crippen LogP contribution in [0.1, 0.15) is 10.4 Å². The Morgan fingerprint density at radius 2 is 2.07 bits per heavy atom. The number of fused-ring (bicyclic) bond motifs is 3. The van der Waals surface area contributed by atoms with E-state index in [9.17, 15) is 4.79 Å². The van der Waals surface area contributed by atoms with Crippen LogP contribution in [0.25, 0.3) is 21.8 Å². The molecule has 0 bridgehead atoms. The van der Waals surface area contributed by atoms with Crippen molar-refractivity contribution in [3.63, 3.8) is 0 Å². The highest BCUT2D eigenvalue weighted by atomic mass is 16.1. The van der Waals surface area contributed by atoms with Gasteiger partial charge in [0, 0.05) is 27.9 Å². The van der Waals surface area contributed by atoms with Gasteiger partial charge in [-0.1, -0.05) is 18.2 Å². The van der Waals surface area contributed by atoms with Gasteiger partial charge in [-0.2, -0.15) is 0 Å². The third-order valence-corrected chi connectivity index (χ3v) is 2.58. The van der Waals surface area contributed by atoms with Gasteiger partial charge in [0.05, 0.1) is 5.52 Å². The fraction of sp³-hybridized carbons (Fsp3) is 0. The topological polar surface area (TPSA) is 32.9 Å². The van der Waals surface area contributed by atoms with E-state index in [0.29, 0.717) is 5.56 Å². The Balaban J connectivity index is 2.51. The maximum atomic E-state index is 10.7. The van der Waals surface area contributed by atoms with Gasteiger partial charge in [0.15, 0.2) is 0 Å². The lowest BCUT2D eigenvalue weighted by molar-refractivity contribution is 0.112. The summed E-state index contributed by atoms with van der Waals surface area (Å²) in [7, 11) is 0. The minimum atomic E-state index is 0.659. The van der Waals surface area contributed by atoms with Gasteiger partial charge in [-0.05, 0) is 18.2 Å². The van der Waals surface area contributed by atoms with Crippen molar-refractivity contribution in [1.82, 2.24) is 4.98 Å². The molecule has 1 N–H and O–H groups in total. The lowest BCUT2D eigenvalue weighted by Crippen LogP contribution is -1.77. The Morgan fingerprint density at radius 3 is 2.93 bits per heavy atom. The lowest BCUT2D eigenvalue weighted by Gasteiger charge is -1.91. The van der Waals surface area contributed by atoms with Gasteiger partial charge < -0.3 is 4.98 Å². The maximum Gasteiger partial charge on any atom is 0.150 e. The quantitative estimate of drug-likeness (QED) is 0.593. The molecule has 0 aliphatic heterocycles. The number of rotatable bonds is 1. The van der Waals surface area contributed by atoms with Crippen LogP contribution in [0, 0.1) is 6.07 Å². The molecular formula is C13H8NO. The Morgan fingerprint density at radius 1 is 1.20 bits per heavy atom. The summed E-state index contributed by atoms with van der Waals surface area (Å²) in [6.07, 6.45) is 0.845. The predicted octanol–water partition coefficient (Wildman–Crippen LogP) is 2.93. The second kappa shape index (κ2) is 2.95. The normalized spacial score (nSPS) is 10.9. The molecule has 0 saturated heterocycles. The van der Waals surface area contributed by atoms with Crippen LogP contribution < -0.4 is 0 Å². The average molecular weight is 194 g/mol. The van der Waals surface area contributed by atoms with E-state index in [4.69, 9.17) is 0 Å². The average Bonchev–Trinajstić information content (AvgIpc) is 2.66. The molecule has 0 spiro atoms. The van der Waals surface area contributed by atoms with E-state index in [-0.39, 0.29) is 0 Å². The van der Waals surface area contributed by atoms with Crippen molar-refractivity contribution in [2.24, 2.45) is 0 Å². The van der Waals surface area contributed by atoms with Gasteiger partial charge in [0.2, 0.25) is 0 Å². The molecule has 15 heavy (non-hydrogen) atoms. The molecule has 3 rings (SSSR count). The lowest BCUT2D eigenvalue weighted by atomic mass is 10.1. The Hall–Kier alpha value is -2.09. The number of carbonyl (C=O) groups excluding carboxylic acids is 1. The minimum Gasteiger partial charge on any atom is -0.354 e. The number of para-hydroxylation sites is 1. The SMILES string of the molecule is O=Cc1c[c]c2[nH]c3ccccc3c2c1. The molecule has 1 radical (unpaired) electrons. The van der Waals surface area contributed by atoms with E-state index in [1.54, 1.807) is 6.07 Å². The van der Waals surface area contributed by atoms with E-state index in [1.165, 1.54) is 0 Å². The number of nitrogens with one attached hydrogen (secondary N) is 1. The number of H-pyrrole nitrogens is 1. The smallest absolute Gasteiger partial charge is 0.150 e. The summed E-state index contributed by atoms with van der Waals surface area (Å²) >= 11 is 0. The first kappa shape index (κ1) is 8.24. The van der Waals surface area contributed by atoms with Crippen LogP contribution >= 0.6 is 0 Å². The third-order valence-electron chi connectivity index (χ3n) is 2.58. The number of aromatic nitrogens is 1. The van der Waals surface area contributed by atoms with Gasteiger partial charge >= 0.3 is 0 Å². The Kier molecular flexibility index (Phi) is 1.62. The molecule has 0 unspecified atom stereocenters. The predicted molar refractivity (Wildman–Crippen MR) is 60.0 cm³/mol. The van der Waals surface area contributed by atoms with Crippen molar-refractivity contribution in [1.29, 1.82) is 0 Å². The molecule has 71 valence electrons. The summed E-state index contributed by atoms with van der Waals surface area (Å²) in [4.78, 5) is 13.9. The van der Waals surface area contributed by atoms with Crippen molar-refractivity contribution in [3.05, 3.63) is 48.0 Å². The van der Waals surface area contributed by atoms with Crippen molar-refractivity contribution in [2.75, 3.05) is 0 Å². The zero-order valence-electron chi connectivity index (χ0n) is 7.95. The number of hydrogen-bond donors (Lipinski definition) is 1. The van der Waals surface area contributed by atoms with E-state index in [2.05, 4.69) is 11.1 Å². The molecule has 0 saturated carbocycles. The van der Waals surface area contributed by atoms with Gasteiger partial charge in [0.1, 0.15) is 6.29 Å². The molecule has 2 nitrogen and oxygen atoms in total. The third kappa shape index (κ3) is 1.15. The Labute approximate surface area is 86.5 Å². The first-order chi connectivity index (χ1) is 7.38. The molecule has 0 aliphatic carbocycles. The van der Waals surface area contributed by atoms with Gasteiger partial charge in [-0.15, -0.1) is 0 Å². The van der Waals surface area contributed by atoms with Crippen molar-refractivity contribution in [3.8, 4) is 0 Å². The summed E-state index contributed by atoms with van der Waals surface area (Å²) in [6.45, 7) is 0. The molecule has 0 amide bonds. The molecule has 2 heteroatoms. The summed E-state index contributed by atoms with van der Waals surface area (Å²) in [5.74, 6) is 0. The molecule has 2 aromatic carbocycles. The van der Waals surface area contributed by atoms with E-state index in [1.807, 2.05) is 30.3 Å². The molecule has 0 atom stereocenters. The number of benzene rings is 2.